The van der Waals surface area contributed by atoms with Gasteiger partial charge in [-0.3, -0.25) is 15.0 Å². The average Bonchev–Trinajstić information content (AvgIpc) is 2.96. The van der Waals surface area contributed by atoms with Crippen LogP contribution in [0.3, 0.4) is 0 Å². The van der Waals surface area contributed by atoms with E-state index in [2.05, 4.69) is 9.97 Å². The van der Waals surface area contributed by atoms with E-state index >= 15 is 0 Å². The Hall–Kier alpha value is -2.80. The fourth-order valence-electron chi connectivity index (χ4n) is 2.91. The fourth-order valence-corrected chi connectivity index (χ4v) is 2.91. The number of rotatable bonds is 2. The molecule has 1 amide bonds. The number of carbonyl (C=O) groups excluding carboxylic acids is 1. The van der Waals surface area contributed by atoms with E-state index in [1.54, 1.807) is 12.3 Å². The van der Waals surface area contributed by atoms with Gasteiger partial charge in [0.15, 0.2) is 0 Å². The van der Waals surface area contributed by atoms with E-state index < -0.39 is 5.91 Å². The monoisotopic (exact) mass is 312 g/mol. The molecule has 7 heteroatoms. The van der Waals surface area contributed by atoms with E-state index in [9.17, 15) is 14.4 Å². The Bertz CT molecular complexity index is 904. The number of aromatic nitrogens is 3. The maximum absolute atomic E-state index is 12.9. The maximum atomic E-state index is 12.9. The molecule has 0 saturated carbocycles. The Kier molecular flexibility index (Phi) is 3.09. The van der Waals surface area contributed by atoms with Crippen molar-refractivity contribution in [1.29, 1.82) is 0 Å². The molecule has 3 aromatic heterocycles. The summed E-state index contributed by atoms with van der Waals surface area (Å²) < 4.78 is 14.9. The van der Waals surface area contributed by atoms with Gasteiger partial charge in [-0.15, -0.1) is 0 Å². The lowest BCUT2D eigenvalue weighted by Gasteiger charge is -2.22. The van der Waals surface area contributed by atoms with E-state index in [1.807, 2.05) is 16.8 Å². The third kappa shape index (κ3) is 2.25. The van der Waals surface area contributed by atoms with Gasteiger partial charge in [0.2, 0.25) is 0 Å². The Morgan fingerprint density at radius 3 is 2.87 bits per heavy atom. The number of pyridine rings is 2. The van der Waals surface area contributed by atoms with Crippen LogP contribution in [0.2, 0.25) is 0 Å². The van der Waals surface area contributed by atoms with Crippen molar-refractivity contribution in [1.82, 2.24) is 19.6 Å². The van der Waals surface area contributed by atoms with Crippen LogP contribution in [0.15, 0.2) is 36.8 Å². The fraction of sp³-hybridized carbons (Fsp3) is 0.188. The normalized spacial score (nSPS) is 14.3. The number of nitrogens with zero attached hydrogens (tertiary/aromatic N) is 4. The third-order valence-corrected chi connectivity index (χ3v) is 4.07. The Morgan fingerprint density at radius 1 is 1.22 bits per heavy atom. The van der Waals surface area contributed by atoms with Crippen LogP contribution in [0, 0.1) is 5.82 Å². The van der Waals surface area contributed by atoms with Crippen LogP contribution in [-0.2, 0) is 13.0 Å². The quantitative estimate of drug-likeness (QED) is 0.735. The number of hydrogen-bond donors (Lipinski definition) is 1. The van der Waals surface area contributed by atoms with E-state index in [-0.39, 0.29) is 12.4 Å². The van der Waals surface area contributed by atoms with Crippen LogP contribution in [0.4, 0.5) is 4.39 Å². The van der Waals surface area contributed by atoms with Crippen LogP contribution in [-0.4, -0.2) is 37.3 Å². The van der Waals surface area contributed by atoms with Crippen molar-refractivity contribution < 1.29 is 14.4 Å². The minimum Gasteiger partial charge on any atom is -0.340 e. The standard InChI is InChI=1S/C16H13FN4O2/c17-10-1-2-11(18-7-10)9-20-5-3-12-13-4-6-21(23)16(22)15(13)19-8-14(12)20/h1-3,5,7-8,23H,4,6,9H2. The van der Waals surface area contributed by atoms with Gasteiger partial charge in [-0.05, 0) is 30.2 Å². The summed E-state index contributed by atoms with van der Waals surface area (Å²) in [7, 11) is 0. The number of carbonyl (C=O) groups is 1. The lowest BCUT2D eigenvalue weighted by molar-refractivity contribution is -0.0606. The minimum absolute atomic E-state index is 0.261. The molecule has 0 spiro atoms. The van der Waals surface area contributed by atoms with Gasteiger partial charge in [-0.25, -0.2) is 14.4 Å². The lowest BCUT2D eigenvalue weighted by atomic mass is 10.0. The number of hydroxylamine groups is 2. The third-order valence-electron chi connectivity index (χ3n) is 4.07. The number of halogens is 1. The highest BCUT2D eigenvalue weighted by Gasteiger charge is 2.26. The lowest BCUT2D eigenvalue weighted by Crippen LogP contribution is -2.35. The van der Waals surface area contributed by atoms with E-state index in [0.717, 1.165) is 22.2 Å². The first-order valence-electron chi connectivity index (χ1n) is 7.21. The summed E-state index contributed by atoms with van der Waals surface area (Å²) in [5.74, 6) is -0.838. The van der Waals surface area contributed by atoms with Gasteiger partial charge in [-0.1, -0.05) is 0 Å². The smallest absolute Gasteiger partial charge is 0.296 e. The van der Waals surface area contributed by atoms with Crippen molar-refractivity contribution in [3.63, 3.8) is 0 Å². The summed E-state index contributed by atoms with van der Waals surface area (Å²) in [5.41, 5.74) is 2.76. The maximum Gasteiger partial charge on any atom is 0.296 e. The molecule has 1 N–H and O–H groups in total. The SMILES string of the molecule is O=C1c2ncc3c(ccn3Cc3ccc(F)cn3)c2CCN1O. The first-order chi connectivity index (χ1) is 11.1. The molecule has 0 aliphatic carbocycles. The van der Waals surface area contributed by atoms with Crippen molar-refractivity contribution in [2.45, 2.75) is 13.0 Å². The van der Waals surface area contributed by atoms with Crippen molar-refractivity contribution in [2.75, 3.05) is 6.54 Å². The second-order valence-corrected chi connectivity index (χ2v) is 5.47. The zero-order chi connectivity index (χ0) is 16.0. The van der Waals surface area contributed by atoms with Gasteiger partial charge < -0.3 is 4.57 Å². The predicted molar refractivity (Wildman–Crippen MR) is 79.6 cm³/mol. The molecule has 0 aromatic carbocycles. The molecule has 23 heavy (non-hydrogen) atoms. The van der Waals surface area contributed by atoms with E-state index in [4.69, 9.17) is 0 Å². The highest BCUT2D eigenvalue weighted by molar-refractivity contribution is 5.99. The van der Waals surface area contributed by atoms with Gasteiger partial charge in [0.1, 0.15) is 11.5 Å². The van der Waals surface area contributed by atoms with E-state index in [1.165, 1.54) is 12.3 Å². The molecule has 0 radical (unpaired) electrons. The molecular weight excluding hydrogens is 299 g/mol. The molecule has 3 aromatic rings. The highest BCUT2D eigenvalue weighted by atomic mass is 19.1. The van der Waals surface area contributed by atoms with Crippen molar-refractivity contribution in [2.24, 2.45) is 0 Å². The van der Waals surface area contributed by atoms with E-state index in [0.29, 0.717) is 23.7 Å². The first-order valence-corrected chi connectivity index (χ1v) is 7.21. The van der Waals surface area contributed by atoms with Crippen LogP contribution in [0.1, 0.15) is 21.7 Å². The molecule has 0 bridgehead atoms. The molecule has 4 rings (SSSR count). The van der Waals surface area contributed by atoms with Crippen molar-refractivity contribution in [3.8, 4) is 0 Å². The molecule has 1 aliphatic heterocycles. The summed E-state index contributed by atoms with van der Waals surface area (Å²) in [5, 5.41) is 11.2. The Morgan fingerprint density at radius 2 is 2.09 bits per heavy atom. The van der Waals surface area contributed by atoms with Gasteiger partial charge in [0.25, 0.3) is 5.91 Å². The molecule has 116 valence electrons. The van der Waals surface area contributed by atoms with Gasteiger partial charge in [0, 0.05) is 11.6 Å². The molecule has 4 heterocycles. The molecule has 0 atom stereocenters. The van der Waals surface area contributed by atoms with Crippen LogP contribution in [0.5, 0.6) is 0 Å². The van der Waals surface area contributed by atoms with Gasteiger partial charge in [0.05, 0.1) is 36.7 Å². The predicted octanol–water partition coefficient (Wildman–Crippen LogP) is 2.01. The van der Waals surface area contributed by atoms with Crippen LogP contribution < -0.4 is 0 Å². The second kappa shape index (κ2) is 5.13. The molecule has 6 nitrogen and oxygen atoms in total. The average molecular weight is 312 g/mol. The number of amides is 1. The summed E-state index contributed by atoms with van der Waals surface area (Å²) in [6, 6.07) is 4.95. The topological polar surface area (TPSA) is 71.2 Å². The molecule has 0 fully saturated rings. The molecule has 1 aliphatic rings. The number of hydrogen-bond acceptors (Lipinski definition) is 4. The minimum atomic E-state index is -0.471. The summed E-state index contributed by atoms with van der Waals surface area (Å²) >= 11 is 0. The molecular formula is C16H13FN4O2. The second-order valence-electron chi connectivity index (χ2n) is 5.47. The van der Waals surface area contributed by atoms with Gasteiger partial charge in [-0.2, -0.15) is 0 Å². The zero-order valence-corrected chi connectivity index (χ0v) is 12.1. The Labute approximate surface area is 130 Å². The largest absolute Gasteiger partial charge is 0.340 e. The molecule has 0 unspecified atom stereocenters. The summed E-state index contributed by atoms with van der Waals surface area (Å²) in [4.78, 5) is 20.2. The van der Waals surface area contributed by atoms with Crippen LogP contribution in [0.25, 0.3) is 10.9 Å². The highest BCUT2D eigenvalue weighted by Crippen LogP contribution is 2.26. The van der Waals surface area contributed by atoms with Crippen LogP contribution >= 0.6 is 0 Å². The van der Waals surface area contributed by atoms with Gasteiger partial charge >= 0.3 is 0 Å². The van der Waals surface area contributed by atoms with Crippen molar-refractivity contribution in [3.05, 3.63) is 59.6 Å². The zero-order valence-electron chi connectivity index (χ0n) is 12.1. The Balaban J connectivity index is 1.76. The summed E-state index contributed by atoms with van der Waals surface area (Å²) in [6.45, 7) is 0.752. The summed E-state index contributed by atoms with van der Waals surface area (Å²) in [6.07, 6.45) is 5.26. The first kappa shape index (κ1) is 13.8. The number of fused-ring (bicyclic) bond motifs is 3. The van der Waals surface area contributed by atoms with Crippen molar-refractivity contribution >= 4 is 16.8 Å². The molecule has 0 saturated heterocycles.